The number of aromatic amines is 1. The molecule has 4 amide bonds. The highest BCUT2D eigenvalue weighted by atomic mass is 19.1. The van der Waals surface area contributed by atoms with Crippen LogP contribution in [0.15, 0.2) is 104 Å². The zero-order valence-electron chi connectivity index (χ0n) is 39.1. The van der Waals surface area contributed by atoms with Gasteiger partial charge in [0.2, 0.25) is 0 Å². The number of aromatic nitrogens is 7. The molecule has 16 nitrogen and oxygen atoms in total. The minimum atomic E-state index is -0.567. The number of aryl methyl sites for hydroxylation is 1. The topological polar surface area (TPSA) is 166 Å². The van der Waals surface area contributed by atoms with Crippen molar-refractivity contribution in [1.82, 2.24) is 54.5 Å². The molecule has 4 aromatic carbocycles. The molecule has 4 aliphatic heterocycles. The number of likely N-dealkylation sites (tertiary alicyclic amines) is 2. The van der Waals surface area contributed by atoms with Crippen LogP contribution in [0.2, 0.25) is 0 Å². The van der Waals surface area contributed by atoms with Crippen LogP contribution in [0.25, 0.3) is 44.3 Å². The van der Waals surface area contributed by atoms with E-state index in [2.05, 4.69) is 77.1 Å². The number of hydrogen-bond donors (Lipinski definition) is 3. The van der Waals surface area contributed by atoms with E-state index in [1.54, 1.807) is 23.3 Å². The molecule has 0 saturated carbocycles. The number of carbonyl (C=O) groups excluding carboxylic acids is 2. The Morgan fingerprint density at radius 3 is 2.06 bits per heavy atom. The standard InChI is InChI=1S/C53H51F2N13O3/c1-32-18-34(14-15-56-32)50-41-20-36-27-67(39-11-7-17-65(29-39)30-42-43(54)12-5-13-44(42)55)53(70)60-46(36)22-48(41)68(63-50)31-71-51-57-23-37(24-58-51)49-40-19-35-26-66(52(69)59-45(35)21-47(40)61-62-49)38-10-6-16-64(28-38)25-33-8-3-2-4-9-33/h2-5,8-9,12-15,18-24,38-39H,6-7,10-11,16-17,25-31H2,1H3,(H,59,69)(H,60,70)(H,61,62)/t38-,39-/m1/s1. The first-order valence-electron chi connectivity index (χ1n) is 24.2. The molecule has 3 N–H and O–H groups in total. The smallest absolute Gasteiger partial charge is 0.322 e. The highest BCUT2D eigenvalue weighted by Gasteiger charge is 2.35. The van der Waals surface area contributed by atoms with Crippen LogP contribution in [0.5, 0.6) is 6.01 Å². The molecule has 71 heavy (non-hydrogen) atoms. The third-order valence-corrected chi connectivity index (χ3v) is 14.4. The van der Waals surface area contributed by atoms with Gasteiger partial charge in [-0.1, -0.05) is 36.4 Å². The van der Waals surface area contributed by atoms with Gasteiger partial charge in [0.15, 0.2) is 6.73 Å². The number of fused-ring (bicyclic) bond motifs is 4. The van der Waals surface area contributed by atoms with Crippen molar-refractivity contribution in [3.8, 4) is 28.5 Å². The minimum absolute atomic E-state index is 0.0238. The van der Waals surface area contributed by atoms with Gasteiger partial charge in [0.05, 0.1) is 11.0 Å². The van der Waals surface area contributed by atoms with Crippen LogP contribution in [0.3, 0.4) is 0 Å². The third kappa shape index (κ3) is 8.77. The molecule has 0 unspecified atom stereocenters. The summed E-state index contributed by atoms with van der Waals surface area (Å²) in [4.78, 5) is 49.1. The molecule has 18 heteroatoms. The summed E-state index contributed by atoms with van der Waals surface area (Å²) in [7, 11) is 0. The number of H-pyrrole nitrogens is 1. The molecule has 8 heterocycles. The number of pyridine rings is 1. The molecular weight excluding hydrogens is 905 g/mol. The summed E-state index contributed by atoms with van der Waals surface area (Å²) in [6.07, 6.45) is 8.67. The lowest BCUT2D eigenvalue weighted by Crippen LogP contribution is -2.52. The maximum absolute atomic E-state index is 14.6. The van der Waals surface area contributed by atoms with Gasteiger partial charge < -0.3 is 25.2 Å². The summed E-state index contributed by atoms with van der Waals surface area (Å²) < 4.78 is 37.1. The molecule has 360 valence electrons. The molecule has 0 radical (unpaired) electrons. The number of ether oxygens (including phenoxy) is 1. The van der Waals surface area contributed by atoms with Gasteiger partial charge in [0.1, 0.15) is 23.0 Å². The average molecular weight is 956 g/mol. The Morgan fingerprint density at radius 2 is 1.37 bits per heavy atom. The zero-order chi connectivity index (χ0) is 48.2. The molecule has 8 aromatic rings. The summed E-state index contributed by atoms with van der Waals surface area (Å²) in [6, 6.07) is 26.1. The van der Waals surface area contributed by atoms with E-state index < -0.39 is 11.6 Å². The summed E-state index contributed by atoms with van der Waals surface area (Å²) in [5.41, 5.74) is 10.0. The number of hydrogen-bond acceptors (Lipinski definition) is 10. The van der Waals surface area contributed by atoms with E-state index in [-0.39, 0.29) is 49.0 Å². The van der Waals surface area contributed by atoms with Crippen LogP contribution in [0, 0.1) is 18.6 Å². The molecule has 2 fully saturated rings. The predicted octanol–water partition coefficient (Wildman–Crippen LogP) is 9.08. The molecule has 4 aliphatic rings. The Hall–Kier alpha value is -7.83. The Labute approximate surface area is 407 Å². The Kier molecular flexibility index (Phi) is 11.6. The molecule has 0 spiro atoms. The number of rotatable bonds is 11. The van der Waals surface area contributed by atoms with Crippen molar-refractivity contribution in [3.05, 3.63) is 143 Å². The molecule has 2 saturated heterocycles. The number of piperidine rings is 2. The van der Waals surface area contributed by atoms with Crippen LogP contribution in [-0.2, 0) is 32.9 Å². The van der Waals surface area contributed by atoms with Gasteiger partial charge in [0.25, 0.3) is 0 Å². The predicted molar refractivity (Wildman–Crippen MR) is 264 cm³/mol. The number of anilines is 2. The van der Waals surface area contributed by atoms with Crippen LogP contribution in [0.1, 0.15) is 53.6 Å². The number of carbonyl (C=O) groups is 2. The molecule has 4 aromatic heterocycles. The van der Waals surface area contributed by atoms with Gasteiger partial charge in [-0.25, -0.2) is 33.0 Å². The second-order valence-electron chi connectivity index (χ2n) is 19.1. The Morgan fingerprint density at radius 1 is 0.704 bits per heavy atom. The first kappa shape index (κ1) is 44.4. The highest BCUT2D eigenvalue weighted by Crippen LogP contribution is 2.38. The van der Waals surface area contributed by atoms with Gasteiger partial charge in [-0.05, 0) is 111 Å². The second kappa shape index (κ2) is 18.5. The summed E-state index contributed by atoms with van der Waals surface area (Å²) in [5, 5.41) is 20.8. The van der Waals surface area contributed by atoms with Crippen molar-refractivity contribution in [2.45, 2.75) is 77.6 Å². The monoisotopic (exact) mass is 955 g/mol. The quantitative estimate of drug-likeness (QED) is 0.114. The van der Waals surface area contributed by atoms with Crippen molar-refractivity contribution in [2.75, 3.05) is 36.8 Å². The molecule has 0 aliphatic carbocycles. The maximum atomic E-state index is 14.6. The summed E-state index contributed by atoms with van der Waals surface area (Å²) in [6.45, 7) is 6.76. The minimum Gasteiger partial charge on any atom is -0.440 e. The van der Waals surface area contributed by atoms with E-state index in [1.165, 1.54) is 23.8 Å². The van der Waals surface area contributed by atoms with Crippen molar-refractivity contribution in [2.24, 2.45) is 0 Å². The normalized spacial score (nSPS) is 18.6. The van der Waals surface area contributed by atoms with E-state index in [0.717, 1.165) is 101 Å². The fourth-order valence-electron chi connectivity index (χ4n) is 10.8. The number of benzene rings is 4. The van der Waals surface area contributed by atoms with Crippen LogP contribution in [0.4, 0.5) is 29.7 Å². The Bertz CT molecular complexity index is 3310. The number of amides is 4. The number of halogens is 2. The van der Waals surface area contributed by atoms with Gasteiger partial charge in [-0.15, -0.1) is 0 Å². The molecule has 12 rings (SSSR count). The first-order valence-corrected chi connectivity index (χ1v) is 24.2. The summed E-state index contributed by atoms with van der Waals surface area (Å²) in [5.74, 6) is -1.13. The lowest BCUT2D eigenvalue weighted by atomic mass is 9.99. The fourth-order valence-corrected chi connectivity index (χ4v) is 10.8. The van der Waals surface area contributed by atoms with Crippen molar-refractivity contribution < 1.29 is 23.1 Å². The number of urea groups is 2. The van der Waals surface area contributed by atoms with Crippen molar-refractivity contribution >= 4 is 45.2 Å². The summed E-state index contributed by atoms with van der Waals surface area (Å²) >= 11 is 0. The zero-order valence-corrected chi connectivity index (χ0v) is 39.1. The highest BCUT2D eigenvalue weighted by molar-refractivity contribution is 6.01. The molecule has 0 bridgehead atoms. The van der Waals surface area contributed by atoms with E-state index >= 15 is 0 Å². The number of nitrogens with one attached hydrogen (secondary N) is 3. The van der Waals surface area contributed by atoms with Gasteiger partial charge >= 0.3 is 18.1 Å². The van der Waals surface area contributed by atoms with Crippen molar-refractivity contribution in [3.63, 3.8) is 0 Å². The van der Waals surface area contributed by atoms with Crippen LogP contribution < -0.4 is 15.4 Å². The second-order valence-corrected chi connectivity index (χ2v) is 19.1. The third-order valence-electron chi connectivity index (χ3n) is 14.4. The first-order chi connectivity index (χ1) is 34.7. The average Bonchev–Trinajstić information content (AvgIpc) is 3.96. The van der Waals surface area contributed by atoms with E-state index in [0.29, 0.717) is 43.1 Å². The lowest BCUT2D eigenvalue weighted by Gasteiger charge is -2.41. The van der Waals surface area contributed by atoms with Crippen LogP contribution >= 0.6 is 0 Å². The number of nitrogens with zero attached hydrogens (tertiary/aromatic N) is 10. The molecule has 2 atom stereocenters. The lowest BCUT2D eigenvalue weighted by molar-refractivity contribution is 0.106. The van der Waals surface area contributed by atoms with Gasteiger partial charge in [-0.3, -0.25) is 19.9 Å². The fraction of sp³-hybridized carbons (Fsp3) is 0.302. The van der Waals surface area contributed by atoms with Gasteiger partial charge in [0, 0.05) is 114 Å². The SMILES string of the molecule is Cc1cc(-c2nn(COc3ncc(-c4n[nH]c5cc6c(cc45)CN([C@@H]4CCCN(Cc5ccccc5)C4)C(=O)N6)cn3)c3cc4c(cc23)CN([C@@H]2CCCN(Cc3c(F)cccc3F)C2)C(=O)N4)ccn1. The molecular formula is C53H51F2N13O3. The largest absolute Gasteiger partial charge is 0.440 e. The van der Waals surface area contributed by atoms with E-state index in [1.807, 2.05) is 52.0 Å². The van der Waals surface area contributed by atoms with Crippen molar-refractivity contribution in [1.29, 1.82) is 0 Å². The van der Waals surface area contributed by atoms with E-state index in [4.69, 9.17) is 9.84 Å². The Balaban J connectivity index is 0.760. The maximum Gasteiger partial charge on any atom is 0.322 e. The van der Waals surface area contributed by atoms with Crippen LogP contribution in [-0.4, -0.2) is 105 Å². The van der Waals surface area contributed by atoms with Gasteiger partial charge in [-0.2, -0.15) is 10.2 Å². The van der Waals surface area contributed by atoms with E-state index in [9.17, 15) is 18.4 Å².